The molecule has 152 valence electrons. The first kappa shape index (κ1) is 19.1. The molecule has 2 aromatic rings. The lowest BCUT2D eigenvalue weighted by Gasteiger charge is -2.37. The van der Waals surface area contributed by atoms with Crippen molar-refractivity contribution in [3.8, 4) is 11.6 Å². The Bertz CT molecular complexity index is 1060. The number of rotatable bonds is 4. The average Bonchev–Trinajstić information content (AvgIpc) is 3.06. The molecule has 1 aromatic heterocycles. The number of hydrogen-bond acceptors (Lipinski definition) is 7. The Kier molecular flexibility index (Phi) is 4.42. The van der Waals surface area contributed by atoms with Crippen LogP contribution in [0.4, 0.5) is 10.5 Å². The van der Waals surface area contributed by atoms with E-state index in [1.54, 1.807) is 12.1 Å². The van der Waals surface area contributed by atoms with Gasteiger partial charge in [0, 0.05) is 18.1 Å². The predicted molar refractivity (Wildman–Crippen MR) is 100 cm³/mol. The molecule has 0 saturated carbocycles. The molecule has 0 aliphatic carbocycles. The van der Waals surface area contributed by atoms with Crippen molar-refractivity contribution in [2.24, 2.45) is 5.73 Å². The smallest absolute Gasteiger partial charge is 0.328 e. The van der Waals surface area contributed by atoms with Crippen LogP contribution in [0, 0.1) is 0 Å². The quantitative estimate of drug-likeness (QED) is 0.608. The van der Waals surface area contributed by atoms with E-state index in [0.29, 0.717) is 11.3 Å². The molecule has 0 radical (unpaired) electrons. The van der Waals surface area contributed by atoms with E-state index in [2.05, 4.69) is 4.98 Å². The predicted octanol–water partition coefficient (Wildman–Crippen LogP) is 0.204. The van der Waals surface area contributed by atoms with Gasteiger partial charge in [-0.25, -0.2) is 9.78 Å². The van der Waals surface area contributed by atoms with Crippen molar-refractivity contribution in [2.75, 3.05) is 4.90 Å². The van der Waals surface area contributed by atoms with Crippen LogP contribution < -0.4 is 26.0 Å². The lowest BCUT2D eigenvalue weighted by molar-refractivity contribution is -0.138. The Morgan fingerprint density at radius 1 is 1.03 bits per heavy atom. The maximum Gasteiger partial charge on any atom is 0.328 e. The van der Waals surface area contributed by atoms with E-state index < -0.39 is 35.2 Å². The number of nitrogens with two attached hydrogens (primary N) is 1. The fourth-order valence-electron chi connectivity index (χ4n) is 3.44. The maximum absolute atomic E-state index is 12.5. The van der Waals surface area contributed by atoms with Crippen LogP contribution in [-0.2, 0) is 14.4 Å². The second-order valence-corrected chi connectivity index (χ2v) is 6.67. The SMILES string of the molecule is NC(=O)c1ccc(Oc2ccc(N3C(=O)CCC34C(=O)NC(=O)NC4=O)cn2)cc1. The molecule has 2 aliphatic heterocycles. The summed E-state index contributed by atoms with van der Waals surface area (Å²) < 4.78 is 5.58. The number of imide groups is 2. The van der Waals surface area contributed by atoms with Crippen molar-refractivity contribution in [3.05, 3.63) is 48.2 Å². The van der Waals surface area contributed by atoms with Gasteiger partial charge in [0.1, 0.15) is 5.75 Å². The molecule has 3 heterocycles. The first-order valence-electron chi connectivity index (χ1n) is 8.85. The van der Waals surface area contributed by atoms with Gasteiger partial charge in [0.25, 0.3) is 11.8 Å². The van der Waals surface area contributed by atoms with Crippen LogP contribution in [0.2, 0.25) is 0 Å². The molecular weight excluding hydrogens is 394 g/mol. The molecule has 1 spiro atoms. The van der Waals surface area contributed by atoms with E-state index in [1.807, 2.05) is 10.6 Å². The number of anilines is 1. The zero-order valence-electron chi connectivity index (χ0n) is 15.4. The lowest BCUT2D eigenvalue weighted by atomic mass is 9.92. The molecule has 2 fully saturated rings. The number of aromatic nitrogens is 1. The summed E-state index contributed by atoms with van der Waals surface area (Å²) in [5.41, 5.74) is 3.87. The molecule has 6 amide bonds. The zero-order chi connectivity index (χ0) is 21.5. The molecule has 0 bridgehead atoms. The fraction of sp³-hybridized carbons (Fsp3) is 0.158. The minimum Gasteiger partial charge on any atom is -0.439 e. The van der Waals surface area contributed by atoms with Crippen LogP contribution in [0.3, 0.4) is 0 Å². The molecule has 11 nitrogen and oxygen atoms in total. The second-order valence-electron chi connectivity index (χ2n) is 6.67. The Hall–Kier alpha value is -4.28. The van der Waals surface area contributed by atoms with Crippen LogP contribution in [0.1, 0.15) is 23.2 Å². The molecule has 30 heavy (non-hydrogen) atoms. The number of barbiturate groups is 1. The maximum atomic E-state index is 12.5. The number of carbonyl (C=O) groups excluding carboxylic acids is 5. The van der Waals surface area contributed by atoms with E-state index in [1.165, 1.54) is 30.5 Å². The van der Waals surface area contributed by atoms with Crippen molar-refractivity contribution in [1.82, 2.24) is 15.6 Å². The van der Waals surface area contributed by atoms with E-state index in [-0.39, 0.29) is 24.4 Å². The van der Waals surface area contributed by atoms with Gasteiger partial charge in [-0.1, -0.05) is 0 Å². The summed E-state index contributed by atoms with van der Waals surface area (Å²) in [6, 6.07) is 8.09. The number of primary amides is 1. The lowest BCUT2D eigenvalue weighted by Crippen LogP contribution is -2.72. The highest BCUT2D eigenvalue weighted by Gasteiger charge is 2.60. The Balaban J connectivity index is 1.59. The highest BCUT2D eigenvalue weighted by molar-refractivity contribution is 6.28. The minimum absolute atomic E-state index is 0.0422. The molecular formula is C19H15N5O6. The van der Waals surface area contributed by atoms with Crippen molar-refractivity contribution in [1.29, 1.82) is 0 Å². The number of nitrogens with one attached hydrogen (secondary N) is 2. The van der Waals surface area contributed by atoms with Crippen LogP contribution in [0.25, 0.3) is 0 Å². The van der Waals surface area contributed by atoms with Crippen LogP contribution in [-0.4, -0.2) is 40.2 Å². The second kappa shape index (κ2) is 6.95. The van der Waals surface area contributed by atoms with Gasteiger partial charge in [0.2, 0.25) is 23.2 Å². The highest BCUT2D eigenvalue weighted by Crippen LogP contribution is 2.37. The Labute approximate surface area is 169 Å². The number of carbonyl (C=O) groups is 5. The largest absolute Gasteiger partial charge is 0.439 e. The number of nitrogens with zero attached hydrogens (tertiary/aromatic N) is 2. The molecule has 11 heteroatoms. The number of amides is 6. The number of pyridine rings is 1. The van der Waals surface area contributed by atoms with Gasteiger partial charge < -0.3 is 10.5 Å². The first-order chi connectivity index (χ1) is 14.3. The summed E-state index contributed by atoms with van der Waals surface area (Å²) in [5, 5.41) is 4.08. The minimum atomic E-state index is -1.85. The van der Waals surface area contributed by atoms with E-state index in [0.717, 1.165) is 4.90 Å². The van der Waals surface area contributed by atoms with E-state index >= 15 is 0 Å². The summed E-state index contributed by atoms with van der Waals surface area (Å²) in [4.78, 5) is 65.1. The summed E-state index contributed by atoms with van der Waals surface area (Å²) >= 11 is 0. The van der Waals surface area contributed by atoms with Gasteiger partial charge in [-0.3, -0.25) is 34.7 Å². The standard InChI is InChI=1S/C19H15N5O6/c20-15(26)10-1-4-12(5-2-10)30-13-6-3-11(9-21-13)24-14(25)7-8-19(24)16(27)22-18(29)23-17(19)28/h1-6,9H,7-8H2,(H2,20,26)(H2,22,23,27,28,29). The third-order valence-electron chi connectivity index (χ3n) is 4.88. The molecule has 4 N–H and O–H groups in total. The average molecular weight is 409 g/mol. The van der Waals surface area contributed by atoms with Gasteiger partial charge >= 0.3 is 6.03 Å². The first-order valence-corrected chi connectivity index (χ1v) is 8.85. The molecule has 2 aliphatic rings. The summed E-state index contributed by atoms with van der Waals surface area (Å²) in [6.07, 6.45) is 1.18. The van der Waals surface area contributed by atoms with Gasteiger partial charge in [0.05, 0.1) is 11.9 Å². The molecule has 0 atom stereocenters. The normalized spacial score (nSPS) is 17.7. The fourth-order valence-corrected chi connectivity index (χ4v) is 3.44. The third kappa shape index (κ3) is 3.02. The number of benzene rings is 1. The monoisotopic (exact) mass is 409 g/mol. The van der Waals surface area contributed by atoms with Crippen molar-refractivity contribution >= 4 is 35.3 Å². The molecule has 0 unspecified atom stereocenters. The van der Waals surface area contributed by atoms with Gasteiger partial charge in [0.15, 0.2) is 0 Å². The van der Waals surface area contributed by atoms with Gasteiger partial charge in [-0.2, -0.15) is 0 Å². The molecule has 4 rings (SSSR count). The van der Waals surface area contributed by atoms with Gasteiger partial charge in [-0.05, 0) is 36.8 Å². The summed E-state index contributed by atoms with van der Waals surface area (Å²) in [7, 11) is 0. The van der Waals surface area contributed by atoms with Crippen molar-refractivity contribution in [3.63, 3.8) is 0 Å². The highest BCUT2D eigenvalue weighted by atomic mass is 16.5. The summed E-state index contributed by atoms with van der Waals surface area (Å²) in [5.74, 6) is -2.16. The van der Waals surface area contributed by atoms with Gasteiger partial charge in [-0.15, -0.1) is 0 Å². The van der Waals surface area contributed by atoms with Crippen LogP contribution >= 0.6 is 0 Å². The van der Waals surface area contributed by atoms with E-state index in [9.17, 15) is 24.0 Å². The summed E-state index contributed by atoms with van der Waals surface area (Å²) in [6.45, 7) is 0. The van der Waals surface area contributed by atoms with Crippen LogP contribution in [0.5, 0.6) is 11.6 Å². The molecule has 1 aromatic carbocycles. The van der Waals surface area contributed by atoms with Crippen molar-refractivity contribution < 1.29 is 28.7 Å². The Morgan fingerprint density at radius 2 is 1.70 bits per heavy atom. The number of hydrogen-bond donors (Lipinski definition) is 3. The molecule has 2 saturated heterocycles. The Morgan fingerprint density at radius 3 is 2.27 bits per heavy atom. The zero-order valence-corrected chi connectivity index (χ0v) is 15.4. The van der Waals surface area contributed by atoms with Crippen molar-refractivity contribution in [2.45, 2.75) is 18.4 Å². The number of ether oxygens (including phenoxy) is 1. The number of urea groups is 1. The topological polar surface area (TPSA) is 161 Å². The van der Waals surface area contributed by atoms with E-state index in [4.69, 9.17) is 10.5 Å². The third-order valence-corrected chi connectivity index (χ3v) is 4.88. The van der Waals surface area contributed by atoms with Crippen LogP contribution in [0.15, 0.2) is 42.6 Å².